The molecule has 1 aliphatic heterocycles. The lowest BCUT2D eigenvalue weighted by Gasteiger charge is -2.18. The summed E-state index contributed by atoms with van der Waals surface area (Å²) in [5, 5.41) is 0. The Hall–Kier alpha value is -2.83. The van der Waals surface area contributed by atoms with Crippen molar-refractivity contribution in [3.8, 4) is 11.5 Å². The third kappa shape index (κ3) is 4.04. The van der Waals surface area contributed by atoms with E-state index in [1.54, 1.807) is 18.2 Å². The van der Waals surface area contributed by atoms with Gasteiger partial charge in [-0.05, 0) is 30.3 Å². The van der Waals surface area contributed by atoms with Crippen LogP contribution in [0, 0.1) is 0 Å². The van der Waals surface area contributed by atoms with Crippen LogP contribution >= 0.6 is 0 Å². The van der Waals surface area contributed by atoms with Crippen molar-refractivity contribution >= 4 is 11.6 Å². The van der Waals surface area contributed by atoms with E-state index >= 15 is 0 Å². The van der Waals surface area contributed by atoms with Crippen molar-refractivity contribution in [3.05, 3.63) is 59.2 Å². The summed E-state index contributed by atoms with van der Waals surface area (Å²) in [6.07, 6.45) is -4.79. The summed E-state index contributed by atoms with van der Waals surface area (Å²) in [7, 11) is 0. The number of ketones is 2. The summed E-state index contributed by atoms with van der Waals surface area (Å²) in [4.78, 5) is 24.4. The minimum atomic E-state index is -4.52. The van der Waals surface area contributed by atoms with Gasteiger partial charge < -0.3 is 9.47 Å². The van der Waals surface area contributed by atoms with E-state index in [1.165, 1.54) is 12.1 Å². The lowest BCUT2D eigenvalue weighted by Crippen LogP contribution is -2.16. The fourth-order valence-electron chi connectivity index (χ4n) is 2.60. The molecule has 0 radical (unpaired) electrons. The van der Waals surface area contributed by atoms with Crippen molar-refractivity contribution in [3.63, 3.8) is 0 Å². The Kier molecular flexibility index (Phi) is 4.97. The Morgan fingerprint density at radius 1 is 0.846 bits per heavy atom. The number of benzene rings is 2. The Bertz CT molecular complexity index is 843. The van der Waals surface area contributed by atoms with Gasteiger partial charge in [-0.1, -0.05) is 12.1 Å². The van der Waals surface area contributed by atoms with Crippen LogP contribution in [0.5, 0.6) is 11.5 Å². The number of carbonyl (C=O) groups excluding carboxylic acids is 2. The van der Waals surface area contributed by atoms with Gasteiger partial charge in [0.05, 0.1) is 5.56 Å². The van der Waals surface area contributed by atoms with E-state index in [9.17, 15) is 22.8 Å². The van der Waals surface area contributed by atoms with Gasteiger partial charge in [-0.3, -0.25) is 9.59 Å². The van der Waals surface area contributed by atoms with Crippen molar-refractivity contribution in [1.29, 1.82) is 0 Å². The predicted octanol–water partition coefficient (Wildman–Crippen LogP) is 4.32. The van der Waals surface area contributed by atoms with E-state index in [0.717, 1.165) is 12.1 Å². The molecular weight excluding hydrogens is 349 g/mol. The Balaban J connectivity index is 1.65. The summed E-state index contributed by atoms with van der Waals surface area (Å²) < 4.78 is 48.9. The van der Waals surface area contributed by atoms with E-state index < -0.39 is 17.5 Å². The molecule has 0 atom stereocenters. The Labute approximate surface area is 147 Å². The molecule has 26 heavy (non-hydrogen) atoms. The molecule has 2 aromatic rings. The summed E-state index contributed by atoms with van der Waals surface area (Å²) in [6.45, 7) is 0.824. The van der Waals surface area contributed by atoms with Gasteiger partial charge in [0.2, 0.25) is 0 Å². The average molecular weight is 364 g/mol. The highest BCUT2D eigenvalue weighted by Crippen LogP contribution is 2.32. The molecule has 0 aromatic heterocycles. The molecule has 1 heterocycles. The molecule has 0 amide bonds. The van der Waals surface area contributed by atoms with Gasteiger partial charge in [0.1, 0.15) is 13.2 Å². The van der Waals surface area contributed by atoms with Crippen molar-refractivity contribution in [2.75, 3.05) is 13.2 Å². The molecule has 0 saturated heterocycles. The molecule has 136 valence electrons. The molecule has 0 spiro atoms. The third-order valence-electron chi connectivity index (χ3n) is 3.96. The van der Waals surface area contributed by atoms with Crippen LogP contribution in [-0.2, 0) is 6.18 Å². The summed E-state index contributed by atoms with van der Waals surface area (Å²) in [6, 6.07) is 8.94. The minimum absolute atomic E-state index is 0.0604. The molecule has 2 aromatic carbocycles. The maximum atomic E-state index is 12.7. The van der Waals surface area contributed by atoms with Gasteiger partial charge >= 0.3 is 6.18 Å². The van der Waals surface area contributed by atoms with Crippen LogP contribution in [0.25, 0.3) is 0 Å². The van der Waals surface area contributed by atoms with E-state index in [1.807, 2.05) is 0 Å². The zero-order valence-electron chi connectivity index (χ0n) is 13.6. The molecule has 7 heteroatoms. The molecule has 0 aliphatic carbocycles. The largest absolute Gasteiger partial charge is 0.486 e. The molecule has 0 unspecified atom stereocenters. The van der Waals surface area contributed by atoms with Crippen LogP contribution in [0.2, 0.25) is 0 Å². The summed E-state index contributed by atoms with van der Waals surface area (Å²) in [5.41, 5.74) is -0.581. The van der Waals surface area contributed by atoms with Crippen molar-refractivity contribution in [2.24, 2.45) is 0 Å². The number of halogens is 3. The second kappa shape index (κ2) is 7.19. The van der Waals surface area contributed by atoms with Gasteiger partial charge in [0, 0.05) is 24.0 Å². The minimum Gasteiger partial charge on any atom is -0.486 e. The number of hydrogen-bond donors (Lipinski definition) is 0. The first-order valence-corrected chi connectivity index (χ1v) is 7.98. The molecule has 0 bridgehead atoms. The van der Waals surface area contributed by atoms with Crippen molar-refractivity contribution in [1.82, 2.24) is 0 Å². The number of fused-ring (bicyclic) bond motifs is 1. The molecule has 0 fully saturated rings. The number of rotatable bonds is 5. The Morgan fingerprint density at radius 2 is 1.46 bits per heavy atom. The van der Waals surface area contributed by atoms with Gasteiger partial charge in [-0.15, -0.1) is 0 Å². The highest BCUT2D eigenvalue weighted by molar-refractivity contribution is 6.02. The van der Waals surface area contributed by atoms with E-state index in [4.69, 9.17) is 9.47 Å². The van der Waals surface area contributed by atoms with Crippen LogP contribution in [0.3, 0.4) is 0 Å². The van der Waals surface area contributed by atoms with Crippen LogP contribution in [-0.4, -0.2) is 24.8 Å². The molecule has 4 nitrogen and oxygen atoms in total. The molecule has 0 saturated carbocycles. The van der Waals surface area contributed by atoms with Gasteiger partial charge in [-0.2, -0.15) is 13.2 Å². The van der Waals surface area contributed by atoms with Crippen molar-refractivity contribution < 1.29 is 32.2 Å². The SMILES string of the molecule is O=C(CCC(=O)c1ccc2c(c1)OCCO2)c1cccc(C(F)(F)F)c1. The number of ether oxygens (including phenoxy) is 2. The first-order chi connectivity index (χ1) is 12.3. The standard InChI is InChI=1S/C19H15F3O4/c20-19(21,22)14-3-1-2-12(10-14)15(23)5-6-16(24)13-4-7-17-18(11-13)26-9-8-25-17/h1-4,7,10-11H,5-6,8-9H2. The van der Waals surface area contributed by atoms with Crippen LogP contribution in [0.4, 0.5) is 13.2 Å². The van der Waals surface area contributed by atoms with E-state index in [-0.39, 0.29) is 24.2 Å². The maximum absolute atomic E-state index is 12.7. The topological polar surface area (TPSA) is 52.6 Å². The predicted molar refractivity (Wildman–Crippen MR) is 86.8 cm³/mol. The zero-order valence-corrected chi connectivity index (χ0v) is 13.6. The summed E-state index contributed by atoms with van der Waals surface area (Å²) in [5.74, 6) is 0.212. The van der Waals surface area contributed by atoms with Crippen LogP contribution in [0.15, 0.2) is 42.5 Å². The molecule has 1 aliphatic rings. The average Bonchev–Trinajstić information content (AvgIpc) is 2.64. The highest BCUT2D eigenvalue weighted by Gasteiger charge is 2.30. The van der Waals surface area contributed by atoms with Gasteiger partial charge in [-0.25, -0.2) is 0 Å². The monoisotopic (exact) mass is 364 g/mol. The Morgan fingerprint density at radius 3 is 2.12 bits per heavy atom. The lowest BCUT2D eigenvalue weighted by molar-refractivity contribution is -0.137. The fourth-order valence-corrected chi connectivity index (χ4v) is 2.60. The van der Waals surface area contributed by atoms with Gasteiger partial charge in [0.15, 0.2) is 23.1 Å². The second-order valence-corrected chi connectivity index (χ2v) is 5.78. The molecule has 0 N–H and O–H groups in total. The third-order valence-corrected chi connectivity index (χ3v) is 3.96. The highest BCUT2D eigenvalue weighted by atomic mass is 19.4. The number of hydrogen-bond acceptors (Lipinski definition) is 4. The van der Waals surface area contributed by atoms with Crippen LogP contribution < -0.4 is 9.47 Å². The first-order valence-electron chi connectivity index (χ1n) is 7.98. The maximum Gasteiger partial charge on any atom is 0.416 e. The van der Waals surface area contributed by atoms with Crippen molar-refractivity contribution in [2.45, 2.75) is 19.0 Å². The molecular formula is C19H15F3O4. The van der Waals surface area contributed by atoms with Gasteiger partial charge in [0.25, 0.3) is 0 Å². The fraction of sp³-hybridized carbons (Fsp3) is 0.263. The first kappa shape index (κ1) is 18.0. The summed E-state index contributed by atoms with van der Waals surface area (Å²) >= 11 is 0. The van der Waals surface area contributed by atoms with Crippen LogP contribution in [0.1, 0.15) is 39.1 Å². The zero-order chi connectivity index (χ0) is 18.7. The quantitative estimate of drug-likeness (QED) is 0.742. The smallest absolute Gasteiger partial charge is 0.416 e. The lowest BCUT2D eigenvalue weighted by atomic mass is 10.00. The molecule has 3 rings (SSSR count). The number of alkyl halides is 3. The number of Topliss-reactive ketones (excluding diaryl/α,β-unsaturated/α-hetero) is 2. The second-order valence-electron chi connectivity index (χ2n) is 5.78. The van der Waals surface area contributed by atoms with E-state index in [0.29, 0.717) is 30.3 Å². The van der Waals surface area contributed by atoms with E-state index in [2.05, 4.69) is 0 Å². The normalized spacial score (nSPS) is 13.3. The number of carbonyl (C=O) groups is 2.